The molecule has 0 aliphatic rings. The minimum atomic E-state index is -0.292. The van der Waals surface area contributed by atoms with Crippen molar-refractivity contribution < 1.29 is 9.53 Å². The van der Waals surface area contributed by atoms with Gasteiger partial charge in [-0.1, -0.05) is 13.8 Å². The van der Waals surface area contributed by atoms with Crippen LogP contribution in [0.5, 0.6) is 0 Å². The highest BCUT2D eigenvalue weighted by Crippen LogP contribution is 2.17. The molecule has 0 atom stereocenters. The number of rotatable bonds is 6. The molecule has 0 aliphatic heterocycles. The topological polar surface area (TPSA) is 38.3 Å². The van der Waals surface area contributed by atoms with Crippen molar-refractivity contribution in [2.75, 3.05) is 12.5 Å². The number of carbonyl (C=O) groups excluding carboxylic acids is 1. The molecule has 4 heteroatoms. The molecular formula is C12H24ClNO2. The fourth-order valence-corrected chi connectivity index (χ4v) is 1.71. The van der Waals surface area contributed by atoms with E-state index in [2.05, 4.69) is 5.32 Å². The van der Waals surface area contributed by atoms with E-state index < -0.39 is 0 Å². The second-order valence-corrected chi connectivity index (χ2v) is 5.34. The molecule has 0 aromatic rings. The second kappa shape index (κ2) is 6.45. The van der Waals surface area contributed by atoms with Crippen LogP contribution in [0.15, 0.2) is 0 Å². The van der Waals surface area contributed by atoms with E-state index in [4.69, 9.17) is 16.3 Å². The third-order valence-electron chi connectivity index (χ3n) is 2.65. The molecule has 0 rings (SSSR count). The summed E-state index contributed by atoms with van der Waals surface area (Å²) in [6, 6.07) is 0. The lowest BCUT2D eigenvalue weighted by Gasteiger charge is -2.31. The quantitative estimate of drug-likeness (QED) is 0.735. The summed E-state index contributed by atoms with van der Waals surface area (Å²) >= 11 is 5.90. The number of carbonyl (C=O) groups is 1. The average molecular weight is 250 g/mol. The molecule has 0 aromatic heterocycles. The van der Waals surface area contributed by atoms with Gasteiger partial charge in [0.25, 0.3) is 0 Å². The van der Waals surface area contributed by atoms with Gasteiger partial charge < -0.3 is 10.1 Å². The zero-order valence-corrected chi connectivity index (χ0v) is 11.8. The number of nitrogens with one attached hydrogen (secondary N) is 1. The van der Waals surface area contributed by atoms with Gasteiger partial charge in [-0.05, 0) is 33.6 Å². The number of halogens is 1. The van der Waals surface area contributed by atoms with E-state index >= 15 is 0 Å². The molecular weight excluding hydrogens is 226 g/mol. The average Bonchev–Trinajstić information content (AvgIpc) is 2.22. The largest absolute Gasteiger partial charge is 0.366 e. The number of alkyl halides is 1. The number of hydrogen-bond donors (Lipinski definition) is 1. The van der Waals surface area contributed by atoms with Gasteiger partial charge in [0.05, 0.1) is 11.1 Å². The predicted molar refractivity (Wildman–Crippen MR) is 67.9 cm³/mol. The summed E-state index contributed by atoms with van der Waals surface area (Å²) in [4.78, 5) is 11.7. The van der Waals surface area contributed by atoms with Crippen molar-refractivity contribution in [3.63, 3.8) is 0 Å². The Labute approximate surface area is 104 Å². The first-order chi connectivity index (χ1) is 7.28. The van der Waals surface area contributed by atoms with Gasteiger partial charge in [0.2, 0.25) is 5.91 Å². The maximum Gasteiger partial charge on any atom is 0.246 e. The van der Waals surface area contributed by atoms with Crippen molar-refractivity contribution in [3.05, 3.63) is 0 Å². The van der Waals surface area contributed by atoms with Crippen LogP contribution in [-0.4, -0.2) is 29.5 Å². The first-order valence-electron chi connectivity index (χ1n) is 5.79. The van der Waals surface area contributed by atoms with Gasteiger partial charge in [-0.3, -0.25) is 4.79 Å². The van der Waals surface area contributed by atoms with Crippen molar-refractivity contribution in [1.29, 1.82) is 0 Å². The van der Waals surface area contributed by atoms with E-state index in [9.17, 15) is 4.79 Å². The van der Waals surface area contributed by atoms with Crippen LogP contribution in [0.1, 0.15) is 47.5 Å². The summed E-state index contributed by atoms with van der Waals surface area (Å²) in [5, 5.41) is 2.96. The fourth-order valence-electron chi connectivity index (χ4n) is 1.26. The molecule has 0 saturated carbocycles. The predicted octanol–water partition coefficient (Wildman–Crippen LogP) is 2.72. The van der Waals surface area contributed by atoms with Crippen LogP contribution in [0, 0.1) is 0 Å². The van der Waals surface area contributed by atoms with Gasteiger partial charge in [-0.2, -0.15) is 0 Å². The molecule has 0 spiro atoms. The Morgan fingerprint density at radius 2 is 1.75 bits per heavy atom. The van der Waals surface area contributed by atoms with Crippen LogP contribution >= 0.6 is 11.6 Å². The van der Waals surface area contributed by atoms with Crippen molar-refractivity contribution in [2.24, 2.45) is 0 Å². The number of hydrogen-bond acceptors (Lipinski definition) is 2. The zero-order valence-electron chi connectivity index (χ0n) is 11.0. The third kappa shape index (κ3) is 5.71. The molecule has 0 heterocycles. The molecule has 0 fully saturated rings. The highest BCUT2D eigenvalue weighted by Gasteiger charge is 2.27. The van der Waals surface area contributed by atoms with E-state index in [-0.39, 0.29) is 23.7 Å². The first kappa shape index (κ1) is 15.7. The smallest absolute Gasteiger partial charge is 0.246 e. The van der Waals surface area contributed by atoms with E-state index in [0.717, 1.165) is 12.8 Å². The van der Waals surface area contributed by atoms with E-state index in [1.807, 2.05) is 34.6 Å². The Morgan fingerprint density at radius 1 is 1.25 bits per heavy atom. The van der Waals surface area contributed by atoms with Gasteiger partial charge in [0.15, 0.2) is 0 Å². The Balaban J connectivity index is 4.21. The molecule has 3 nitrogen and oxygen atoms in total. The normalized spacial score (nSPS) is 12.6. The van der Waals surface area contributed by atoms with Gasteiger partial charge >= 0.3 is 0 Å². The SMILES string of the molecule is CCC(CC)(CCl)NC(=O)COC(C)(C)C. The van der Waals surface area contributed by atoms with Gasteiger partial charge in [0.1, 0.15) is 6.61 Å². The maximum atomic E-state index is 11.7. The molecule has 1 amide bonds. The van der Waals surface area contributed by atoms with Crippen LogP contribution in [0.3, 0.4) is 0 Å². The van der Waals surface area contributed by atoms with E-state index in [0.29, 0.717) is 5.88 Å². The maximum absolute atomic E-state index is 11.7. The minimum absolute atomic E-state index is 0.0855. The molecule has 0 saturated heterocycles. The van der Waals surface area contributed by atoms with Crippen molar-refractivity contribution in [1.82, 2.24) is 5.32 Å². The first-order valence-corrected chi connectivity index (χ1v) is 6.33. The van der Waals surface area contributed by atoms with Gasteiger partial charge in [-0.25, -0.2) is 0 Å². The summed E-state index contributed by atoms with van der Waals surface area (Å²) in [5.74, 6) is 0.334. The molecule has 1 N–H and O–H groups in total. The zero-order chi connectivity index (χ0) is 12.8. The van der Waals surface area contributed by atoms with Crippen LogP contribution in [0.4, 0.5) is 0 Å². The Bertz CT molecular complexity index is 211. The molecule has 0 bridgehead atoms. The van der Waals surface area contributed by atoms with Crippen LogP contribution in [-0.2, 0) is 9.53 Å². The van der Waals surface area contributed by atoms with Crippen molar-refractivity contribution in [2.45, 2.75) is 58.6 Å². The highest BCUT2D eigenvalue weighted by molar-refractivity contribution is 6.18. The van der Waals surface area contributed by atoms with Crippen LogP contribution in [0.25, 0.3) is 0 Å². The summed E-state index contributed by atoms with van der Waals surface area (Å²) in [7, 11) is 0. The molecule has 0 radical (unpaired) electrons. The molecule has 16 heavy (non-hydrogen) atoms. The Morgan fingerprint density at radius 3 is 2.06 bits per heavy atom. The molecule has 96 valence electrons. The minimum Gasteiger partial charge on any atom is -0.366 e. The lowest BCUT2D eigenvalue weighted by Crippen LogP contribution is -2.50. The molecule has 0 aromatic carbocycles. The Hall–Kier alpha value is -0.280. The summed E-state index contributed by atoms with van der Waals surface area (Å²) < 4.78 is 5.42. The summed E-state index contributed by atoms with van der Waals surface area (Å²) in [6.45, 7) is 9.91. The monoisotopic (exact) mass is 249 g/mol. The van der Waals surface area contributed by atoms with Gasteiger partial charge in [0, 0.05) is 5.88 Å². The summed E-state index contributed by atoms with van der Waals surface area (Å²) in [5.41, 5.74) is -0.584. The Kier molecular flexibility index (Phi) is 6.34. The lowest BCUT2D eigenvalue weighted by molar-refractivity contribution is -0.132. The van der Waals surface area contributed by atoms with Crippen molar-refractivity contribution in [3.8, 4) is 0 Å². The third-order valence-corrected chi connectivity index (χ3v) is 3.16. The van der Waals surface area contributed by atoms with Crippen LogP contribution < -0.4 is 5.32 Å². The fraction of sp³-hybridized carbons (Fsp3) is 0.917. The second-order valence-electron chi connectivity index (χ2n) is 5.07. The van der Waals surface area contributed by atoms with Crippen LogP contribution in [0.2, 0.25) is 0 Å². The molecule has 0 unspecified atom stereocenters. The van der Waals surface area contributed by atoms with E-state index in [1.54, 1.807) is 0 Å². The number of ether oxygens (including phenoxy) is 1. The van der Waals surface area contributed by atoms with Crippen molar-refractivity contribution >= 4 is 17.5 Å². The van der Waals surface area contributed by atoms with E-state index in [1.165, 1.54) is 0 Å². The molecule has 0 aliphatic carbocycles. The highest BCUT2D eigenvalue weighted by atomic mass is 35.5. The number of amides is 1. The van der Waals surface area contributed by atoms with Gasteiger partial charge in [-0.15, -0.1) is 11.6 Å². The standard InChI is InChI=1S/C12H24ClNO2/c1-6-12(7-2,9-13)14-10(15)8-16-11(3,4)5/h6-9H2,1-5H3,(H,14,15). The lowest BCUT2D eigenvalue weighted by atomic mass is 9.95. The summed E-state index contributed by atoms with van der Waals surface area (Å²) in [6.07, 6.45) is 1.66.